The Morgan fingerprint density at radius 2 is 1.78 bits per heavy atom. The fourth-order valence-corrected chi connectivity index (χ4v) is 3.33. The Kier molecular flexibility index (Phi) is 4.66. The summed E-state index contributed by atoms with van der Waals surface area (Å²) in [5.74, 6) is -0.778. The molecule has 0 aliphatic carbocycles. The molecule has 0 saturated heterocycles. The second-order valence-electron chi connectivity index (χ2n) is 5.69. The molecular weight excluding hydrogens is 343 g/mol. The first-order chi connectivity index (χ1) is 10.6. The van der Waals surface area contributed by atoms with E-state index in [4.69, 9.17) is 0 Å². The molecule has 1 heterocycles. The van der Waals surface area contributed by atoms with Gasteiger partial charge >= 0.3 is 0 Å². The van der Waals surface area contributed by atoms with Crippen molar-refractivity contribution in [2.45, 2.75) is 25.1 Å². The van der Waals surface area contributed by atoms with E-state index in [1.165, 1.54) is 12.1 Å². The molecule has 2 rings (SSSR count). The lowest BCUT2D eigenvalue weighted by Crippen LogP contribution is -2.27. The molecule has 0 bridgehead atoms. The third kappa shape index (κ3) is 4.45. The highest BCUT2D eigenvalue weighted by atomic mass is 32.2. The van der Waals surface area contributed by atoms with Crippen LogP contribution in [0.2, 0.25) is 0 Å². The predicted molar refractivity (Wildman–Crippen MR) is 85.2 cm³/mol. The fraction of sp³-hybridized carbons (Fsp3) is 0.308. The minimum atomic E-state index is -3.96. The number of rotatable bonds is 4. The fourth-order valence-electron chi connectivity index (χ4n) is 1.37. The summed E-state index contributed by atoms with van der Waals surface area (Å²) in [6.07, 6.45) is 0. The molecule has 2 N–H and O–H groups in total. The van der Waals surface area contributed by atoms with E-state index in [-0.39, 0.29) is 21.1 Å². The first-order valence-electron chi connectivity index (χ1n) is 6.51. The first-order valence-corrected chi connectivity index (χ1v) is 8.81. The van der Waals surface area contributed by atoms with Crippen LogP contribution in [0.3, 0.4) is 0 Å². The largest absolute Gasteiger partial charge is 0.300 e. The van der Waals surface area contributed by atoms with Crippen molar-refractivity contribution in [2.24, 2.45) is 5.41 Å². The summed E-state index contributed by atoms with van der Waals surface area (Å²) in [6, 6.07) is 4.84. The molecule has 0 aliphatic heterocycles. The Morgan fingerprint density at radius 3 is 2.35 bits per heavy atom. The molecule has 1 aromatic heterocycles. The highest BCUT2D eigenvalue weighted by Gasteiger charge is 2.25. The van der Waals surface area contributed by atoms with Crippen LogP contribution in [0.1, 0.15) is 20.8 Å². The van der Waals surface area contributed by atoms with Crippen molar-refractivity contribution in [3.8, 4) is 0 Å². The number of benzene rings is 1. The van der Waals surface area contributed by atoms with Crippen molar-refractivity contribution in [3.63, 3.8) is 0 Å². The van der Waals surface area contributed by atoms with E-state index in [2.05, 4.69) is 20.2 Å². The lowest BCUT2D eigenvalue weighted by molar-refractivity contribution is -0.123. The van der Waals surface area contributed by atoms with Gasteiger partial charge in [0.1, 0.15) is 5.82 Å². The van der Waals surface area contributed by atoms with E-state index in [1.54, 1.807) is 20.8 Å². The summed E-state index contributed by atoms with van der Waals surface area (Å²) in [5.41, 5.74) is -0.446. The van der Waals surface area contributed by atoms with Gasteiger partial charge in [-0.3, -0.25) is 9.52 Å². The Morgan fingerprint density at radius 1 is 1.17 bits per heavy atom. The number of carbonyl (C=O) groups is 1. The van der Waals surface area contributed by atoms with Crippen LogP contribution in [0, 0.1) is 11.2 Å². The van der Waals surface area contributed by atoms with Gasteiger partial charge in [0.25, 0.3) is 14.4 Å². The summed E-state index contributed by atoms with van der Waals surface area (Å²) in [7, 11) is -3.96. The maximum absolute atomic E-state index is 12.8. The average Bonchev–Trinajstić information content (AvgIpc) is 2.89. The molecular formula is C13H15FN4O3S2. The molecule has 1 amide bonds. The van der Waals surface area contributed by atoms with Gasteiger partial charge in [-0.2, -0.15) is 8.42 Å². The number of carbonyl (C=O) groups excluding carboxylic acids is 1. The predicted octanol–water partition coefficient (Wildman–Crippen LogP) is 2.46. The summed E-state index contributed by atoms with van der Waals surface area (Å²) in [5, 5.41) is 9.81. The number of nitrogens with zero attached hydrogens (tertiary/aromatic N) is 2. The van der Waals surface area contributed by atoms with Crippen molar-refractivity contribution in [2.75, 3.05) is 10.0 Å². The first kappa shape index (κ1) is 17.3. The smallest absolute Gasteiger partial charge is 0.291 e. The molecule has 124 valence electrons. The van der Waals surface area contributed by atoms with Gasteiger partial charge < -0.3 is 5.32 Å². The van der Waals surface area contributed by atoms with Gasteiger partial charge in [-0.25, -0.2) is 4.39 Å². The van der Waals surface area contributed by atoms with Crippen LogP contribution in [0.25, 0.3) is 0 Å². The van der Waals surface area contributed by atoms with Crippen LogP contribution >= 0.6 is 11.3 Å². The standard InChI is InChI=1S/C13H15FN4O3S2/c1-13(2,3)10(19)15-11-16-17-12(22-11)23(20,21)18-9-6-4-8(14)5-7-9/h4-7,18H,1-3H3,(H,15,16,19). The summed E-state index contributed by atoms with van der Waals surface area (Å²) >= 11 is 0.728. The Hall–Kier alpha value is -2.07. The maximum Gasteiger partial charge on any atom is 0.291 e. The van der Waals surface area contributed by atoms with Crippen molar-refractivity contribution < 1.29 is 17.6 Å². The molecule has 1 aromatic carbocycles. The average molecular weight is 358 g/mol. The van der Waals surface area contributed by atoms with Crippen molar-refractivity contribution in [3.05, 3.63) is 30.1 Å². The zero-order valence-electron chi connectivity index (χ0n) is 12.6. The van der Waals surface area contributed by atoms with Crippen LogP contribution in [-0.4, -0.2) is 24.5 Å². The van der Waals surface area contributed by atoms with Gasteiger partial charge in [-0.1, -0.05) is 32.1 Å². The normalized spacial score (nSPS) is 12.0. The number of hydrogen-bond acceptors (Lipinski definition) is 6. The Balaban J connectivity index is 2.15. The summed E-state index contributed by atoms with van der Waals surface area (Å²) in [4.78, 5) is 11.8. The van der Waals surface area contributed by atoms with Gasteiger partial charge in [0.05, 0.1) is 0 Å². The van der Waals surface area contributed by atoms with Crippen LogP contribution in [0.15, 0.2) is 28.6 Å². The quantitative estimate of drug-likeness (QED) is 0.818. The summed E-state index contributed by atoms with van der Waals surface area (Å²) < 4.78 is 39.1. The summed E-state index contributed by atoms with van der Waals surface area (Å²) in [6.45, 7) is 5.16. The molecule has 23 heavy (non-hydrogen) atoms. The molecule has 0 radical (unpaired) electrons. The molecule has 0 saturated carbocycles. The maximum atomic E-state index is 12.8. The monoisotopic (exact) mass is 358 g/mol. The molecule has 7 nitrogen and oxygen atoms in total. The highest BCUT2D eigenvalue weighted by molar-refractivity contribution is 7.94. The van der Waals surface area contributed by atoms with E-state index in [0.717, 1.165) is 23.5 Å². The second kappa shape index (κ2) is 6.20. The lowest BCUT2D eigenvalue weighted by Gasteiger charge is -2.15. The van der Waals surface area contributed by atoms with Crippen molar-refractivity contribution >= 4 is 38.1 Å². The lowest BCUT2D eigenvalue weighted by atomic mass is 9.96. The number of sulfonamides is 1. The van der Waals surface area contributed by atoms with Crippen LogP contribution < -0.4 is 10.0 Å². The third-order valence-corrected chi connectivity index (χ3v) is 5.22. The number of anilines is 2. The van der Waals surface area contributed by atoms with E-state index >= 15 is 0 Å². The highest BCUT2D eigenvalue weighted by Crippen LogP contribution is 2.24. The molecule has 0 fully saturated rings. The van der Waals surface area contributed by atoms with Gasteiger partial charge in [0, 0.05) is 11.1 Å². The van der Waals surface area contributed by atoms with E-state index in [9.17, 15) is 17.6 Å². The molecule has 10 heteroatoms. The van der Waals surface area contributed by atoms with Crippen molar-refractivity contribution in [1.29, 1.82) is 0 Å². The molecule has 0 atom stereocenters. The van der Waals surface area contributed by atoms with Gasteiger partial charge in [0.2, 0.25) is 11.0 Å². The van der Waals surface area contributed by atoms with Crippen LogP contribution in [0.4, 0.5) is 15.2 Å². The number of nitrogens with one attached hydrogen (secondary N) is 2. The van der Waals surface area contributed by atoms with Gasteiger partial charge in [-0.05, 0) is 24.3 Å². The van der Waals surface area contributed by atoms with Gasteiger partial charge in [0.15, 0.2) is 0 Å². The minimum Gasteiger partial charge on any atom is -0.300 e. The van der Waals surface area contributed by atoms with Crippen molar-refractivity contribution in [1.82, 2.24) is 10.2 Å². The molecule has 0 unspecified atom stereocenters. The molecule has 0 spiro atoms. The topological polar surface area (TPSA) is 101 Å². The zero-order valence-corrected chi connectivity index (χ0v) is 14.3. The SMILES string of the molecule is CC(C)(C)C(=O)Nc1nnc(S(=O)(=O)Nc2ccc(F)cc2)s1. The Labute approximate surface area is 137 Å². The molecule has 0 aliphatic rings. The van der Waals surface area contributed by atoms with Crippen LogP contribution in [-0.2, 0) is 14.8 Å². The van der Waals surface area contributed by atoms with E-state index in [1.807, 2.05) is 0 Å². The zero-order chi connectivity index (χ0) is 17.3. The van der Waals surface area contributed by atoms with Crippen LogP contribution in [0.5, 0.6) is 0 Å². The second-order valence-corrected chi connectivity index (χ2v) is 8.52. The number of hydrogen-bond donors (Lipinski definition) is 2. The molecule has 2 aromatic rings. The third-order valence-electron chi connectivity index (χ3n) is 2.63. The Bertz CT molecular complexity index is 810. The van der Waals surface area contributed by atoms with E-state index < -0.39 is 21.3 Å². The van der Waals surface area contributed by atoms with E-state index in [0.29, 0.717) is 0 Å². The minimum absolute atomic E-state index is 0.0874. The number of halogens is 1. The van der Waals surface area contributed by atoms with Gasteiger partial charge in [-0.15, -0.1) is 10.2 Å². The number of amides is 1. The number of aromatic nitrogens is 2.